The highest BCUT2D eigenvalue weighted by atomic mass is 16.6. The van der Waals surface area contributed by atoms with Gasteiger partial charge in [-0.2, -0.15) is 0 Å². The van der Waals surface area contributed by atoms with E-state index in [-0.39, 0.29) is 12.4 Å². The highest BCUT2D eigenvalue weighted by Gasteiger charge is 2.43. The molecule has 1 aromatic carbocycles. The number of methoxy groups -OCH3 is 2. The molecule has 3 amide bonds. The summed E-state index contributed by atoms with van der Waals surface area (Å²) in [6.07, 6.45) is 2.72. The van der Waals surface area contributed by atoms with Crippen LogP contribution in [0.3, 0.4) is 0 Å². The van der Waals surface area contributed by atoms with E-state index in [4.69, 9.17) is 9.47 Å². The van der Waals surface area contributed by atoms with Gasteiger partial charge in [-0.3, -0.25) is 20.2 Å². The van der Waals surface area contributed by atoms with Gasteiger partial charge in [0, 0.05) is 10.5 Å². The summed E-state index contributed by atoms with van der Waals surface area (Å²) in [5.74, 6) is -1.10. The number of nitro groups is 1. The molecule has 0 aliphatic carbocycles. The lowest BCUT2D eigenvalue weighted by atomic mass is 10.0. The largest absolute Gasteiger partial charge is 0.493 e. The predicted molar refractivity (Wildman–Crippen MR) is 90.8 cm³/mol. The van der Waals surface area contributed by atoms with Crippen molar-refractivity contribution in [1.82, 2.24) is 10.6 Å². The first kappa shape index (κ1) is 19.7. The average Bonchev–Trinajstić information content (AvgIpc) is 2.63. The molecular weight excluding hydrogens is 362 g/mol. The molecule has 2 atom stereocenters. The van der Waals surface area contributed by atoms with Crippen molar-refractivity contribution in [3.05, 3.63) is 40.0 Å². The number of urea groups is 1. The molecule has 2 rings (SSSR count). The second kappa shape index (κ2) is 8.65. The van der Waals surface area contributed by atoms with Crippen molar-refractivity contribution in [2.24, 2.45) is 0 Å². The molecule has 1 aliphatic rings. The highest BCUT2D eigenvalue weighted by Crippen LogP contribution is 2.32. The Kier molecular flexibility index (Phi) is 6.31. The number of esters is 1. The normalized spacial score (nSPS) is 19.2. The van der Waals surface area contributed by atoms with Gasteiger partial charge in [0.25, 0.3) is 0 Å². The van der Waals surface area contributed by atoms with Gasteiger partial charge in [-0.25, -0.2) is 9.59 Å². The van der Waals surface area contributed by atoms with E-state index in [2.05, 4.69) is 10.1 Å². The lowest BCUT2D eigenvalue weighted by molar-refractivity contribution is -0.510. The topological polar surface area (TPSA) is 146 Å². The van der Waals surface area contributed by atoms with Crippen LogP contribution in [0, 0.1) is 10.1 Å². The van der Waals surface area contributed by atoms with E-state index in [0.29, 0.717) is 11.3 Å². The molecule has 2 unspecified atom stereocenters. The number of amides is 3. The number of hydrogen-bond donors (Lipinski definition) is 2. The van der Waals surface area contributed by atoms with Crippen LogP contribution < -0.4 is 20.1 Å². The van der Waals surface area contributed by atoms with Gasteiger partial charge in [-0.15, -0.1) is 0 Å². The quantitative estimate of drug-likeness (QED) is 0.386. The Bertz CT molecular complexity index is 792. The molecule has 144 valence electrons. The Hall–Kier alpha value is -3.63. The van der Waals surface area contributed by atoms with Crippen LogP contribution in [-0.2, 0) is 14.3 Å². The van der Waals surface area contributed by atoms with E-state index >= 15 is 0 Å². The fourth-order valence-electron chi connectivity index (χ4n) is 2.37. The second-order valence-electron chi connectivity index (χ2n) is 5.32. The van der Waals surface area contributed by atoms with E-state index in [9.17, 15) is 24.5 Å². The highest BCUT2D eigenvalue weighted by molar-refractivity contribution is 6.00. The molecule has 11 nitrogen and oxygen atoms in total. The summed E-state index contributed by atoms with van der Waals surface area (Å²) in [5, 5.41) is 15.3. The first-order chi connectivity index (χ1) is 12.9. The summed E-state index contributed by atoms with van der Waals surface area (Å²) in [6.45, 7) is -0.377. The molecule has 1 aromatic rings. The van der Waals surface area contributed by atoms with Crippen LogP contribution in [0.4, 0.5) is 4.79 Å². The number of hydrogen-bond acceptors (Lipinski definition) is 8. The van der Waals surface area contributed by atoms with Crippen molar-refractivity contribution in [1.29, 1.82) is 0 Å². The maximum absolute atomic E-state index is 11.7. The van der Waals surface area contributed by atoms with Gasteiger partial charge in [0.2, 0.25) is 0 Å². The molecule has 1 saturated heterocycles. The van der Waals surface area contributed by atoms with Crippen molar-refractivity contribution < 1.29 is 33.5 Å². The summed E-state index contributed by atoms with van der Waals surface area (Å²) in [6, 6.07) is 1.17. The monoisotopic (exact) mass is 379 g/mol. The Morgan fingerprint density at radius 3 is 2.70 bits per heavy atom. The van der Waals surface area contributed by atoms with Gasteiger partial charge in [-0.1, -0.05) is 24.3 Å². The fraction of sp³-hybridized carbons (Fsp3) is 0.312. The lowest BCUT2D eigenvalue weighted by Crippen LogP contribution is -2.62. The van der Waals surface area contributed by atoms with Crippen LogP contribution >= 0.6 is 0 Å². The van der Waals surface area contributed by atoms with Crippen LogP contribution in [-0.4, -0.2) is 55.7 Å². The van der Waals surface area contributed by atoms with Crippen LogP contribution in [0.25, 0.3) is 6.08 Å². The first-order valence-electron chi connectivity index (χ1n) is 7.67. The number of benzene rings is 1. The summed E-state index contributed by atoms with van der Waals surface area (Å²) in [5.41, 5.74) is 0.417. The summed E-state index contributed by atoms with van der Waals surface area (Å²) in [7, 11) is 2.62. The number of ether oxygens (including phenoxy) is 3. The van der Waals surface area contributed by atoms with Crippen molar-refractivity contribution >= 4 is 24.0 Å². The Morgan fingerprint density at radius 2 is 2.07 bits per heavy atom. The third-order valence-corrected chi connectivity index (χ3v) is 3.64. The zero-order valence-corrected chi connectivity index (χ0v) is 14.5. The third-order valence-electron chi connectivity index (χ3n) is 3.64. The maximum atomic E-state index is 11.7. The number of rotatable bonds is 7. The maximum Gasteiger partial charge on any atom is 0.343 e. The van der Waals surface area contributed by atoms with Crippen molar-refractivity contribution in [3.63, 3.8) is 0 Å². The Balaban J connectivity index is 2.31. The van der Waals surface area contributed by atoms with E-state index in [0.717, 1.165) is 0 Å². The lowest BCUT2D eigenvalue weighted by Gasteiger charge is -2.23. The summed E-state index contributed by atoms with van der Waals surface area (Å²) >= 11 is 0. The molecule has 1 heterocycles. The average molecular weight is 379 g/mol. The van der Waals surface area contributed by atoms with Crippen molar-refractivity contribution in [2.75, 3.05) is 20.8 Å². The molecule has 0 saturated carbocycles. The molecule has 1 aliphatic heterocycles. The number of para-hydroxylation sites is 1. The van der Waals surface area contributed by atoms with E-state index < -0.39 is 34.9 Å². The van der Waals surface area contributed by atoms with Crippen molar-refractivity contribution in [2.45, 2.75) is 12.1 Å². The molecule has 0 aromatic heterocycles. The van der Waals surface area contributed by atoms with E-state index in [1.807, 2.05) is 5.32 Å². The Labute approximate surface area is 153 Å². The summed E-state index contributed by atoms with van der Waals surface area (Å²) in [4.78, 5) is 44.8. The molecule has 11 heteroatoms. The SMILES string of the molecule is COC(=O)COc1c(/C=C\C2NC(=O)NC(=O)C2[N+](=O)[O-])cccc1OC. The number of nitrogens with zero attached hydrogens (tertiary/aromatic N) is 1. The van der Waals surface area contributed by atoms with Gasteiger partial charge < -0.3 is 19.5 Å². The van der Waals surface area contributed by atoms with E-state index in [1.165, 1.54) is 26.4 Å². The van der Waals surface area contributed by atoms with Crippen LogP contribution in [0.2, 0.25) is 0 Å². The minimum Gasteiger partial charge on any atom is -0.493 e. The minimum atomic E-state index is -1.68. The molecule has 0 spiro atoms. The van der Waals surface area contributed by atoms with Gasteiger partial charge in [-0.05, 0) is 6.07 Å². The van der Waals surface area contributed by atoms with Crippen LogP contribution in [0.5, 0.6) is 11.5 Å². The fourth-order valence-corrected chi connectivity index (χ4v) is 2.37. The first-order valence-corrected chi connectivity index (χ1v) is 7.67. The van der Waals surface area contributed by atoms with Gasteiger partial charge >= 0.3 is 23.9 Å². The minimum absolute atomic E-state index is 0.200. The molecule has 27 heavy (non-hydrogen) atoms. The standard InChI is InChI=1S/C16H17N3O8/c1-25-11-5-3-4-9(14(11)27-8-12(20)26-2)6-7-10-13(19(23)24)15(21)18-16(22)17-10/h3-7,10,13H,8H2,1-2H3,(H2,17,18,21,22)/b7-6-. The van der Waals surface area contributed by atoms with E-state index in [1.54, 1.807) is 18.2 Å². The van der Waals surface area contributed by atoms with Gasteiger partial charge in [0.15, 0.2) is 18.1 Å². The predicted octanol–water partition coefficient (Wildman–Crippen LogP) is 0.114. The number of carbonyl (C=O) groups excluding carboxylic acids is 3. The Morgan fingerprint density at radius 1 is 1.33 bits per heavy atom. The molecule has 0 bridgehead atoms. The van der Waals surface area contributed by atoms with Gasteiger partial charge in [0.05, 0.1) is 14.2 Å². The zero-order chi connectivity index (χ0) is 20.0. The molecular formula is C16H17N3O8. The smallest absolute Gasteiger partial charge is 0.343 e. The zero-order valence-electron chi connectivity index (χ0n) is 14.5. The molecule has 1 fully saturated rings. The van der Waals surface area contributed by atoms with Crippen LogP contribution in [0.15, 0.2) is 24.3 Å². The van der Waals surface area contributed by atoms with Crippen LogP contribution in [0.1, 0.15) is 5.56 Å². The number of nitrogens with one attached hydrogen (secondary N) is 2. The third kappa shape index (κ3) is 4.71. The van der Waals surface area contributed by atoms with Crippen molar-refractivity contribution in [3.8, 4) is 11.5 Å². The molecule has 2 N–H and O–H groups in total. The number of imide groups is 1. The number of carbonyl (C=O) groups is 3. The molecule has 0 radical (unpaired) electrons. The summed E-state index contributed by atoms with van der Waals surface area (Å²) < 4.78 is 15.1. The van der Waals surface area contributed by atoms with Gasteiger partial charge in [0.1, 0.15) is 6.04 Å². The second-order valence-corrected chi connectivity index (χ2v) is 5.32.